The zero-order valence-electron chi connectivity index (χ0n) is 9.54. The second-order valence-corrected chi connectivity index (χ2v) is 3.23. The minimum Gasteiger partial charge on any atom is -0.463 e. The number of benzene rings is 1. The van der Waals surface area contributed by atoms with Crippen LogP contribution in [-0.2, 0) is 14.3 Å². The number of ether oxygens (including phenoxy) is 2. The van der Waals surface area contributed by atoms with Gasteiger partial charge in [0.1, 0.15) is 11.6 Å². The molecule has 0 amide bonds. The van der Waals surface area contributed by atoms with Gasteiger partial charge in [-0.15, -0.1) is 0 Å². The summed E-state index contributed by atoms with van der Waals surface area (Å²) in [6.45, 7) is 1.07. The standard InChI is InChI=1S/C11H11F2NO4/c1-2-17-10(15)5-18-11(16)6-3-9(14)8(13)4-7(6)12/h3-4H,2,5,14H2,1H3. The third-order valence-corrected chi connectivity index (χ3v) is 1.93. The van der Waals surface area contributed by atoms with Crippen LogP contribution in [0.15, 0.2) is 12.1 Å². The number of carbonyl (C=O) groups is 2. The Morgan fingerprint density at radius 3 is 2.50 bits per heavy atom. The van der Waals surface area contributed by atoms with E-state index < -0.39 is 35.7 Å². The van der Waals surface area contributed by atoms with Crippen LogP contribution in [0.3, 0.4) is 0 Å². The number of carbonyl (C=O) groups excluding carboxylic acids is 2. The van der Waals surface area contributed by atoms with Gasteiger partial charge in [-0.2, -0.15) is 0 Å². The SMILES string of the molecule is CCOC(=O)COC(=O)c1cc(N)c(F)cc1F. The second-order valence-electron chi connectivity index (χ2n) is 3.23. The van der Waals surface area contributed by atoms with Crippen LogP contribution in [0.4, 0.5) is 14.5 Å². The minimum absolute atomic E-state index is 0.133. The fraction of sp³-hybridized carbons (Fsp3) is 0.273. The molecule has 18 heavy (non-hydrogen) atoms. The number of hydrogen-bond donors (Lipinski definition) is 1. The Hall–Kier alpha value is -2.18. The summed E-state index contributed by atoms with van der Waals surface area (Å²) in [5.41, 5.74) is 4.26. The molecular weight excluding hydrogens is 248 g/mol. The van der Waals surface area contributed by atoms with E-state index in [0.29, 0.717) is 6.07 Å². The lowest BCUT2D eigenvalue weighted by Crippen LogP contribution is -2.17. The van der Waals surface area contributed by atoms with Gasteiger partial charge in [-0.1, -0.05) is 0 Å². The molecule has 1 aromatic rings. The highest BCUT2D eigenvalue weighted by Gasteiger charge is 2.17. The summed E-state index contributed by atoms with van der Waals surface area (Å²) >= 11 is 0. The highest BCUT2D eigenvalue weighted by Crippen LogP contribution is 2.17. The molecule has 0 aliphatic heterocycles. The number of nitrogens with two attached hydrogens (primary N) is 1. The van der Waals surface area contributed by atoms with Crippen molar-refractivity contribution in [1.29, 1.82) is 0 Å². The molecule has 0 saturated carbocycles. The number of anilines is 1. The van der Waals surface area contributed by atoms with Gasteiger partial charge in [0.25, 0.3) is 0 Å². The summed E-state index contributed by atoms with van der Waals surface area (Å²) in [5.74, 6) is -3.97. The maximum absolute atomic E-state index is 13.2. The van der Waals surface area contributed by atoms with Crippen molar-refractivity contribution in [1.82, 2.24) is 0 Å². The maximum atomic E-state index is 13.2. The third-order valence-electron chi connectivity index (χ3n) is 1.93. The lowest BCUT2D eigenvalue weighted by molar-refractivity contribution is -0.146. The van der Waals surface area contributed by atoms with E-state index in [4.69, 9.17) is 5.73 Å². The molecule has 5 nitrogen and oxygen atoms in total. The molecule has 0 heterocycles. The van der Waals surface area contributed by atoms with E-state index >= 15 is 0 Å². The van der Waals surface area contributed by atoms with E-state index in [-0.39, 0.29) is 12.3 Å². The average Bonchev–Trinajstić information content (AvgIpc) is 2.31. The van der Waals surface area contributed by atoms with Gasteiger partial charge in [-0.3, -0.25) is 0 Å². The van der Waals surface area contributed by atoms with Crippen LogP contribution >= 0.6 is 0 Å². The molecule has 1 rings (SSSR count). The van der Waals surface area contributed by atoms with Crippen molar-refractivity contribution in [3.63, 3.8) is 0 Å². The lowest BCUT2D eigenvalue weighted by Gasteiger charge is -2.06. The van der Waals surface area contributed by atoms with Crippen molar-refractivity contribution in [2.24, 2.45) is 0 Å². The Balaban J connectivity index is 2.73. The molecule has 98 valence electrons. The number of hydrogen-bond acceptors (Lipinski definition) is 5. The first-order valence-corrected chi connectivity index (χ1v) is 5.03. The fourth-order valence-corrected chi connectivity index (χ4v) is 1.13. The van der Waals surface area contributed by atoms with Gasteiger partial charge in [-0.25, -0.2) is 18.4 Å². The van der Waals surface area contributed by atoms with Crippen LogP contribution in [0.2, 0.25) is 0 Å². The predicted molar refractivity (Wildman–Crippen MR) is 57.7 cm³/mol. The van der Waals surface area contributed by atoms with Crippen molar-refractivity contribution in [2.45, 2.75) is 6.92 Å². The summed E-state index contributed by atoms with van der Waals surface area (Å²) in [4.78, 5) is 22.3. The summed E-state index contributed by atoms with van der Waals surface area (Å²) in [6.07, 6.45) is 0. The summed E-state index contributed by atoms with van der Waals surface area (Å²) in [7, 11) is 0. The predicted octanol–water partition coefficient (Wildman–Crippen LogP) is 1.27. The quantitative estimate of drug-likeness (QED) is 0.650. The molecule has 0 aromatic heterocycles. The van der Waals surface area contributed by atoms with Crippen molar-refractivity contribution in [2.75, 3.05) is 18.9 Å². The first-order valence-electron chi connectivity index (χ1n) is 5.03. The van der Waals surface area contributed by atoms with E-state index in [1.54, 1.807) is 6.92 Å². The van der Waals surface area contributed by atoms with Gasteiger partial charge in [0.2, 0.25) is 0 Å². The largest absolute Gasteiger partial charge is 0.463 e. The molecule has 0 fully saturated rings. The Morgan fingerprint density at radius 1 is 1.22 bits per heavy atom. The molecule has 0 bridgehead atoms. The molecule has 0 saturated heterocycles. The van der Waals surface area contributed by atoms with Crippen LogP contribution in [0, 0.1) is 11.6 Å². The number of nitrogen functional groups attached to an aromatic ring is 1. The summed E-state index contributed by atoms with van der Waals surface area (Å²) in [6, 6.07) is 1.27. The van der Waals surface area contributed by atoms with Gasteiger partial charge in [0, 0.05) is 6.07 Å². The van der Waals surface area contributed by atoms with Crippen molar-refractivity contribution < 1.29 is 27.8 Å². The second kappa shape index (κ2) is 5.95. The summed E-state index contributed by atoms with van der Waals surface area (Å²) < 4.78 is 35.1. The molecule has 0 aliphatic rings. The van der Waals surface area contributed by atoms with Crippen molar-refractivity contribution >= 4 is 17.6 Å². The smallest absolute Gasteiger partial charge is 0.344 e. The van der Waals surface area contributed by atoms with Gasteiger partial charge >= 0.3 is 11.9 Å². The molecular formula is C11H11F2NO4. The monoisotopic (exact) mass is 259 g/mol. The van der Waals surface area contributed by atoms with Crippen LogP contribution in [0.25, 0.3) is 0 Å². The Labute approximate surface area is 101 Å². The number of rotatable bonds is 4. The Kier molecular flexibility index (Phi) is 4.59. The van der Waals surface area contributed by atoms with Crippen LogP contribution in [-0.4, -0.2) is 25.2 Å². The average molecular weight is 259 g/mol. The van der Waals surface area contributed by atoms with Crippen LogP contribution in [0.5, 0.6) is 0 Å². The van der Waals surface area contributed by atoms with E-state index in [0.717, 1.165) is 6.07 Å². The fourth-order valence-electron chi connectivity index (χ4n) is 1.13. The Bertz CT molecular complexity index is 476. The summed E-state index contributed by atoms with van der Waals surface area (Å²) in [5, 5.41) is 0. The topological polar surface area (TPSA) is 78.6 Å². The van der Waals surface area contributed by atoms with Crippen molar-refractivity contribution in [3.05, 3.63) is 29.3 Å². The molecule has 1 aromatic carbocycles. The number of halogens is 2. The molecule has 0 unspecified atom stereocenters. The lowest BCUT2D eigenvalue weighted by atomic mass is 10.2. The molecule has 0 spiro atoms. The maximum Gasteiger partial charge on any atom is 0.344 e. The normalized spacial score (nSPS) is 9.94. The molecule has 7 heteroatoms. The molecule has 0 aliphatic carbocycles. The van der Waals surface area contributed by atoms with Crippen molar-refractivity contribution in [3.8, 4) is 0 Å². The van der Waals surface area contributed by atoms with E-state index in [1.165, 1.54) is 0 Å². The number of esters is 2. The molecule has 0 radical (unpaired) electrons. The van der Waals surface area contributed by atoms with Gasteiger partial charge < -0.3 is 15.2 Å². The minimum atomic E-state index is -1.12. The third kappa shape index (κ3) is 3.41. The van der Waals surface area contributed by atoms with E-state index in [1.807, 2.05) is 0 Å². The molecule has 2 N–H and O–H groups in total. The first-order chi connectivity index (χ1) is 8.45. The molecule has 0 atom stereocenters. The zero-order valence-corrected chi connectivity index (χ0v) is 9.54. The van der Waals surface area contributed by atoms with E-state index in [9.17, 15) is 18.4 Å². The van der Waals surface area contributed by atoms with Gasteiger partial charge in [0.05, 0.1) is 17.9 Å². The zero-order chi connectivity index (χ0) is 13.7. The first kappa shape index (κ1) is 13.9. The van der Waals surface area contributed by atoms with Crippen LogP contribution in [0.1, 0.15) is 17.3 Å². The highest BCUT2D eigenvalue weighted by molar-refractivity contribution is 5.92. The van der Waals surface area contributed by atoms with Gasteiger partial charge in [0.15, 0.2) is 6.61 Å². The van der Waals surface area contributed by atoms with E-state index in [2.05, 4.69) is 9.47 Å². The van der Waals surface area contributed by atoms with Crippen LogP contribution < -0.4 is 5.73 Å². The Morgan fingerprint density at radius 2 is 1.89 bits per heavy atom. The van der Waals surface area contributed by atoms with Gasteiger partial charge in [-0.05, 0) is 13.0 Å². The highest BCUT2D eigenvalue weighted by atomic mass is 19.1.